The molecule has 2 saturated heterocycles. The lowest BCUT2D eigenvalue weighted by atomic mass is 10.1. The lowest BCUT2D eigenvalue weighted by molar-refractivity contribution is -0.129. The number of aromatic amines is 1. The van der Waals surface area contributed by atoms with Crippen molar-refractivity contribution in [3.05, 3.63) is 63.8 Å². The van der Waals surface area contributed by atoms with Crippen molar-refractivity contribution in [2.75, 3.05) is 49.2 Å². The number of halogens is 2. The number of anilines is 2. The SMILES string of the molecule is Cl.N[C@@H](Cc1c[nH]cn1)C(=O)NCCCCC(=O)N(C[C@H]1CN(c2ccc(N3CCOCC3=O)cc2)C(=O)O1)C(=O)c1ccc(Cl)s1. The molecular weight excluding hydrogens is 673 g/mol. The van der Waals surface area contributed by atoms with E-state index in [0.717, 1.165) is 16.2 Å². The van der Waals surface area contributed by atoms with Gasteiger partial charge < -0.3 is 30.4 Å². The van der Waals surface area contributed by atoms with Crippen LogP contribution in [0.4, 0.5) is 16.2 Å². The van der Waals surface area contributed by atoms with Crippen LogP contribution in [0.2, 0.25) is 4.34 Å². The second kappa shape index (κ2) is 16.7. The van der Waals surface area contributed by atoms with E-state index in [-0.39, 0.29) is 55.2 Å². The molecule has 5 amide bonds. The van der Waals surface area contributed by atoms with Gasteiger partial charge in [-0.2, -0.15) is 0 Å². The molecule has 0 saturated carbocycles. The molecule has 4 N–H and O–H groups in total. The van der Waals surface area contributed by atoms with Crippen LogP contribution in [0.3, 0.4) is 0 Å². The van der Waals surface area contributed by atoms with E-state index in [9.17, 15) is 24.0 Å². The van der Waals surface area contributed by atoms with Crippen molar-refractivity contribution < 1.29 is 33.4 Å². The van der Waals surface area contributed by atoms with Crippen molar-refractivity contribution in [1.29, 1.82) is 0 Å². The van der Waals surface area contributed by atoms with Crippen molar-refractivity contribution in [3.63, 3.8) is 0 Å². The van der Waals surface area contributed by atoms with Gasteiger partial charge in [0.05, 0.1) is 47.0 Å². The molecule has 4 heterocycles. The van der Waals surface area contributed by atoms with E-state index < -0.39 is 30.1 Å². The summed E-state index contributed by atoms with van der Waals surface area (Å²) < 4.78 is 11.1. The van der Waals surface area contributed by atoms with Crippen molar-refractivity contribution in [3.8, 4) is 0 Å². The number of hydrogen-bond donors (Lipinski definition) is 3. The minimum atomic E-state index is -0.772. The number of imidazole rings is 1. The maximum absolute atomic E-state index is 13.4. The van der Waals surface area contributed by atoms with E-state index in [1.165, 1.54) is 11.2 Å². The molecule has 47 heavy (non-hydrogen) atoms. The maximum Gasteiger partial charge on any atom is 0.414 e. The molecule has 1 aromatic carbocycles. The van der Waals surface area contributed by atoms with Crippen molar-refractivity contribution >= 4 is 76.4 Å². The Hall–Kier alpha value is -4.02. The quantitative estimate of drug-likeness (QED) is 0.225. The number of hydrogen-bond acceptors (Lipinski definition) is 10. The fraction of sp³-hybridized carbons (Fsp3) is 0.400. The van der Waals surface area contributed by atoms with Gasteiger partial charge in [-0.1, -0.05) is 11.6 Å². The predicted molar refractivity (Wildman–Crippen MR) is 177 cm³/mol. The molecule has 0 aliphatic carbocycles. The van der Waals surface area contributed by atoms with Gasteiger partial charge in [-0.05, 0) is 49.2 Å². The molecule has 0 radical (unpaired) electrons. The van der Waals surface area contributed by atoms with Crippen LogP contribution in [0.25, 0.3) is 0 Å². The Morgan fingerprint density at radius 3 is 2.53 bits per heavy atom. The highest BCUT2D eigenvalue weighted by Crippen LogP contribution is 2.27. The predicted octanol–water partition coefficient (Wildman–Crippen LogP) is 2.76. The normalized spacial score (nSPS) is 16.8. The Kier molecular flexibility index (Phi) is 12.7. The number of imide groups is 1. The lowest BCUT2D eigenvalue weighted by Gasteiger charge is -2.27. The van der Waals surface area contributed by atoms with E-state index in [0.29, 0.717) is 60.4 Å². The summed E-state index contributed by atoms with van der Waals surface area (Å²) >= 11 is 7.10. The molecule has 2 aliphatic heterocycles. The maximum atomic E-state index is 13.4. The molecule has 17 heteroatoms. The van der Waals surface area contributed by atoms with Crippen molar-refractivity contribution in [2.45, 2.75) is 37.8 Å². The minimum Gasteiger partial charge on any atom is -0.442 e. The van der Waals surface area contributed by atoms with Gasteiger partial charge >= 0.3 is 6.09 Å². The molecule has 3 aromatic rings. The number of nitrogens with zero attached hydrogens (tertiary/aromatic N) is 4. The molecule has 2 aromatic heterocycles. The van der Waals surface area contributed by atoms with Crippen LogP contribution in [-0.2, 0) is 30.3 Å². The first kappa shape index (κ1) is 35.8. The lowest BCUT2D eigenvalue weighted by Crippen LogP contribution is -2.43. The highest BCUT2D eigenvalue weighted by atomic mass is 35.5. The number of aromatic nitrogens is 2. The van der Waals surface area contributed by atoms with Gasteiger partial charge in [0, 0.05) is 43.5 Å². The molecule has 2 atom stereocenters. The number of H-pyrrole nitrogens is 1. The van der Waals surface area contributed by atoms with Gasteiger partial charge in [0.15, 0.2) is 0 Å². The monoisotopic (exact) mass is 707 g/mol. The zero-order chi connectivity index (χ0) is 32.6. The van der Waals surface area contributed by atoms with Crippen LogP contribution < -0.4 is 20.9 Å². The zero-order valence-corrected chi connectivity index (χ0v) is 27.7. The van der Waals surface area contributed by atoms with Gasteiger partial charge in [0.25, 0.3) is 11.8 Å². The third-order valence-electron chi connectivity index (χ3n) is 7.49. The highest BCUT2D eigenvalue weighted by Gasteiger charge is 2.36. The Bertz CT molecular complexity index is 1550. The fourth-order valence-corrected chi connectivity index (χ4v) is 6.09. The molecular formula is C30H35Cl2N7O7S. The molecule has 0 spiro atoms. The van der Waals surface area contributed by atoms with Crippen LogP contribution in [-0.4, -0.2) is 96.1 Å². The third-order valence-corrected chi connectivity index (χ3v) is 8.71. The summed E-state index contributed by atoms with van der Waals surface area (Å²) in [6.45, 7) is 1.18. The van der Waals surface area contributed by atoms with Gasteiger partial charge in [0.2, 0.25) is 11.8 Å². The summed E-state index contributed by atoms with van der Waals surface area (Å²) in [5, 5.41) is 2.76. The first-order valence-electron chi connectivity index (χ1n) is 14.8. The number of rotatable bonds is 13. The number of thiophene rings is 1. The van der Waals surface area contributed by atoms with E-state index in [1.54, 1.807) is 47.5 Å². The smallest absolute Gasteiger partial charge is 0.414 e. The van der Waals surface area contributed by atoms with Crippen LogP contribution in [0, 0.1) is 0 Å². The van der Waals surface area contributed by atoms with Crippen LogP contribution in [0.5, 0.6) is 0 Å². The van der Waals surface area contributed by atoms with E-state index in [2.05, 4.69) is 15.3 Å². The minimum absolute atomic E-state index is 0. The Labute approximate surface area is 285 Å². The van der Waals surface area contributed by atoms with E-state index in [1.807, 2.05) is 0 Å². The Balaban J connectivity index is 0.00000500. The number of cyclic esters (lactones) is 1. The molecule has 252 valence electrons. The number of nitrogens with two attached hydrogens (primary N) is 1. The average Bonchev–Trinajstić information content (AvgIpc) is 3.81. The molecule has 0 bridgehead atoms. The summed E-state index contributed by atoms with van der Waals surface area (Å²) in [7, 11) is 0. The molecule has 2 aliphatic rings. The zero-order valence-electron chi connectivity index (χ0n) is 25.3. The van der Waals surface area contributed by atoms with E-state index in [4.69, 9.17) is 26.8 Å². The fourth-order valence-electron chi connectivity index (χ4n) is 5.09. The Morgan fingerprint density at radius 2 is 1.87 bits per heavy atom. The van der Waals surface area contributed by atoms with Gasteiger partial charge in [-0.25, -0.2) is 9.78 Å². The summed E-state index contributed by atoms with van der Waals surface area (Å²) in [6, 6.07) is 9.29. The topological polar surface area (TPSA) is 180 Å². The van der Waals surface area contributed by atoms with Crippen molar-refractivity contribution in [1.82, 2.24) is 20.2 Å². The first-order valence-corrected chi connectivity index (χ1v) is 16.0. The number of benzene rings is 1. The summed E-state index contributed by atoms with van der Waals surface area (Å²) in [5.41, 5.74) is 7.87. The number of carbonyl (C=O) groups excluding carboxylic acids is 5. The number of amides is 5. The first-order chi connectivity index (χ1) is 22.2. The Morgan fingerprint density at radius 1 is 1.13 bits per heavy atom. The van der Waals surface area contributed by atoms with Gasteiger partial charge in [0.1, 0.15) is 12.7 Å². The molecule has 0 unspecified atom stereocenters. The number of ether oxygens (including phenoxy) is 2. The van der Waals surface area contributed by atoms with Crippen LogP contribution in [0.15, 0.2) is 48.9 Å². The largest absolute Gasteiger partial charge is 0.442 e. The number of unbranched alkanes of at least 4 members (excludes halogenated alkanes) is 1. The third kappa shape index (κ3) is 9.29. The number of carbonyl (C=O) groups is 5. The summed E-state index contributed by atoms with van der Waals surface area (Å²) in [6.07, 6.45) is 3.02. The molecule has 2 fully saturated rings. The second-order valence-electron chi connectivity index (χ2n) is 10.8. The van der Waals surface area contributed by atoms with Crippen molar-refractivity contribution in [2.24, 2.45) is 5.73 Å². The van der Waals surface area contributed by atoms with Crippen LogP contribution >= 0.6 is 35.3 Å². The second-order valence-corrected chi connectivity index (χ2v) is 12.5. The average molecular weight is 709 g/mol. The standard InChI is InChI=1S/C30H34ClN7O7S.ClH/c31-25-9-8-24(46-25)29(42)38(26(39)3-1-2-10-34-28(41)23(32)13-19-14-33-18-35-19)16-22-15-37(30(43)45-22)21-6-4-20(5-7-21)36-11-12-44-17-27(36)40;/h4-9,14,18,22-23H,1-3,10-13,15-17,32H2,(H,33,35)(H,34,41);1H/t22-,23+;/m1./s1. The number of morpholine rings is 1. The van der Waals surface area contributed by atoms with E-state index >= 15 is 0 Å². The van der Waals surface area contributed by atoms with Gasteiger partial charge in [-0.3, -0.25) is 29.0 Å². The van der Waals surface area contributed by atoms with Gasteiger partial charge in [-0.15, -0.1) is 23.7 Å². The highest BCUT2D eigenvalue weighted by molar-refractivity contribution is 7.18. The molecule has 14 nitrogen and oxygen atoms in total. The number of nitrogens with one attached hydrogen (secondary N) is 2. The summed E-state index contributed by atoms with van der Waals surface area (Å²) in [4.78, 5) is 75.3. The molecule has 5 rings (SSSR count). The summed E-state index contributed by atoms with van der Waals surface area (Å²) in [5.74, 6) is -1.44. The van der Waals surface area contributed by atoms with Crippen LogP contribution in [0.1, 0.15) is 34.6 Å².